The summed E-state index contributed by atoms with van der Waals surface area (Å²) in [6.07, 6.45) is 3.45. The molecule has 150 valence electrons. The second-order valence-electron chi connectivity index (χ2n) is 7.79. The van der Waals surface area contributed by atoms with Crippen LogP contribution >= 0.6 is 0 Å². The van der Waals surface area contributed by atoms with Crippen LogP contribution < -0.4 is 5.32 Å². The van der Waals surface area contributed by atoms with Gasteiger partial charge in [0, 0.05) is 42.5 Å². The SMILES string of the molecule is Cc1nn(-c2ccccc2)c(C)c1/C=C/C(=O)NCC(C)(C)N1CCOCC1. The van der Waals surface area contributed by atoms with Gasteiger partial charge in [-0.1, -0.05) is 18.2 Å². The Morgan fingerprint density at radius 1 is 1.21 bits per heavy atom. The Morgan fingerprint density at radius 2 is 1.89 bits per heavy atom. The average molecular weight is 383 g/mol. The molecule has 1 N–H and O–H groups in total. The molecule has 1 aromatic carbocycles. The van der Waals surface area contributed by atoms with Crippen LogP contribution in [0.2, 0.25) is 0 Å². The maximum atomic E-state index is 12.4. The van der Waals surface area contributed by atoms with Gasteiger partial charge in [0.15, 0.2) is 0 Å². The predicted molar refractivity (Wildman–Crippen MR) is 112 cm³/mol. The van der Waals surface area contributed by atoms with Crippen LogP contribution in [0.3, 0.4) is 0 Å². The van der Waals surface area contributed by atoms with Gasteiger partial charge in [-0.15, -0.1) is 0 Å². The van der Waals surface area contributed by atoms with Crippen LogP contribution in [0.5, 0.6) is 0 Å². The minimum Gasteiger partial charge on any atom is -0.379 e. The molecule has 1 saturated heterocycles. The van der Waals surface area contributed by atoms with Gasteiger partial charge in [-0.3, -0.25) is 9.69 Å². The van der Waals surface area contributed by atoms with Crippen molar-refractivity contribution < 1.29 is 9.53 Å². The van der Waals surface area contributed by atoms with E-state index in [4.69, 9.17) is 4.74 Å². The molecule has 6 nitrogen and oxygen atoms in total. The zero-order valence-electron chi connectivity index (χ0n) is 17.2. The molecular weight excluding hydrogens is 352 g/mol. The van der Waals surface area contributed by atoms with E-state index >= 15 is 0 Å². The molecule has 0 spiro atoms. The molecule has 0 unspecified atom stereocenters. The topological polar surface area (TPSA) is 59.4 Å². The Morgan fingerprint density at radius 3 is 2.57 bits per heavy atom. The van der Waals surface area contributed by atoms with Crippen molar-refractivity contribution in [2.45, 2.75) is 33.2 Å². The van der Waals surface area contributed by atoms with Crippen LogP contribution in [-0.4, -0.2) is 59.0 Å². The fourth-order valence-electron chi connectivity index (χ4n) is 3.52. The van der Waals surface area contributed by atoms with Crippen LogP contribution in [-0.2, 0) is 9.53 Å². The van der Waals surface area contributed by atoms with Crippen LogP contribution in [0.1, 0.15) is 30.8 Å². The number of rotatable bonds is 6. The first-order chi connectivity index (χ1) is 13.4. The maximum Gasteiger partial charge on any atom is 0.244 e. The second kappa shape index (κ2) is 8.71. The van der Waals surface area contributed by atoms with Crippen molar-refractivity contribution in [2.24, 2.45) is 0 Å². The highest BCUT2D eigenvalue weighted by Gasteiger charge is 2.28. The number of amides is 1. The maximum absolute atomic E-state index is 12.4. The summed E-state index contributed by atoms with van der Waals surface area (Å²) in [6.45, 7) is 12.2. The first-order valence-electron chi connectivity index (χ1n) is 9.79. The van der Waals surface area contributed by atoms with Gasteiger partial charge >= 0.3 is 0 Å². The lowest BCUT2D eigenvalue weighted by Crippen LogP contribution is -2.55. The lowest BCUT2D eigenvalue weighted by atomic mass is 10.0. The molecule has 2 aromatic rings. The third kappa shape index (κ3) is 4.69. The molecule has 28 heavy (non-hydrogen) atoms. The second-order valence-corrected chi connectivity index (χ2v) is 7.79. The first-order valence-corrected chi connectivity index (χ1v) is 9.79. The Bertz CT molecular complexity index is 834. The number of aromatic nitrogens is 2. The summed E-state index contributed by atoms with van der Waals surface area (Å²) < 4.78 is 7.33. The molecule has 1 fully saturated rings. The van der Waals surface area contributed by atoms with Gasteiger partial charge in [-0.25, -0.2) is 4.68 Å². The highest BCUT2D eigenvalue weighted by atomic mass is 16.5. The number of carbonyl (C=O) groups excluding carboxylic acids is 1. The molecule has 0 bridgehead atoms. The Balaban J connectivity index is 1.63. The Kier molecular flexibility index (Phi) is 6.31. The molecule has 0 saturated carbocycles. The molecule has 2 heterocycles. The fraction of sp³-hybridized carbons (Fsp3) is 0.455. The molecule has 3 rings (SSSR count). The highest BCUT2D eigenvalue weighted by Crippen LogP contribution is 2.19. The van der Waals surface area contributed by atoms with Crippen molar-refractivity contribution in [1.29, 1.82) is 0 Å². The number of hydrogen-bond donors (Lipinski definition) is 1. The van der Waals surface area contributed by atoms with E-state index in [0.717, 1.165) is 48.9 Å². The van der Waals surface area contributed by atoms with Gasteiger partial charge in [0.2, 0.25) is 5.91 Å². The number of morpholine rings is 1. The summed E-state index contributed by atoms with van der Waals surface area (Å²) in [5, 5.41) is 7.65. The summed E-state index contributed by atoms with van der Waals surface area (Å²) in [5.74, 6) is -0.0902. The fourth-order valence-corrected chi connectivity index (χ4v) is 3.52. The van der Waals surface area contributed by atoms with E-state index < -0.39 is 0 Å². The van der Waals surface area contributed by atoms with Crippen molar-refractivity contribution >= 4 is 12.0 Å². The predicted octanol–water partition coefficient (Wildman–Crippen LogP) is 2.73. The molecule has 1 amide bonds. The minimum absolute atomic E-state index is 0.0902. The molecule has 0 aliphatic carbocycles. The van der Waals surface area contributed by atoms with Crippen molar-refractivity contribution in [2.75, 3.05) is 32.8 Å². The summed E-state index contributed by atoms with van der Waals surface area (Å²) >= 11 is 0. The van der Waals surface area contributed by atoms with Gasteiger partial charge in [-0.05, 0) is 45.9 Å². The van der Waals surface area contributed by atoms with E-state index in [2.05, 4.69) is 29.2 Å². The number of carbonyl (C=O) groups is 1. The monoisotopic (exact) mass is 382 g/mol. The van der Waals surface area contributed by atoms with E-state index in [9.17, 15) is 4.79 Å². The van der Waals surface area contributed by atoms with Gasteiger partial charge in [0.25, 0.3) is 0 Å². The molecule has 1 aliphatic heterocycles. The number of benzene rings is 1. The van der Waals surface area contributed by atoms with Crippen LogP contribution in [0.15, 0.2) is 36.4 Å². The van der Waals surface area contributed by atoms with Crippen molar-refractivity contribution in [3.63, 3.8) is 0 Å². The lowest BCUT2D eigenvalue weighted by Gasteiger charge is -2.40. The zero-order valence-corrected chi connectivity index (χ0v) is 17.2. The summed E-state index contributed by atoms with van der Waals surface area (Å²) in [7, 11) is 0. The summed E-state index contributed by atoms with van der Waals surface area (Å²) in [5.41, 5.74) is 3.81. The third-order valence-corrected chi connectivity index (χ3v) is 5.31. The van der Waals surface area contributed by atoms with Gasteiger partial charge in [0.1, 0.15) is 0 Å². The van der Waals surface area contributed by atoms with Crippen molar-refractivity contribution in [3.8, 4) is 5.69 Å². The molecule has 6 heteroatoms. The molecule has 1 aliphatic rings. The zero-order chi connectivity index (χ0) is 20.1. The number of hydrogen-bond acceptors (Lipinski definition) is 4. The number of aryl methyl sites for hydroxylation is 1. The highest BCUT2D eigenvalue weighted by molar-refractivity contribution is 5.92. The summed E-state index contributed by atoms with van der Waals surface area (Å²) in [4.78, 5) is 14.7. The first kappa shape index (κ1) is 20.3. The van der Waals surface area contributed by atoms with Gasteiger partial charge < -0.3 is 10.1 Å². The van der Waals surface area contributed by atoms with E-state index in [1.165, 1.54) is 0 Å². The smallest absolute Gasteiger partial charge is 0.244 e. The number of nitrogens with zero attached hydrogens (tertiary/aromatic N) is 3. The third-order valence-electron chi connectivity index (χ3n) is 5.31. The van der Waals surface area contributed by atoms with Crippen molar-refractivity contribution in [1.82, 2.24) is 20.0 Å². The largest absolute Gasteiger partial charge is 0.379 e. The Hall–Kier alpha value is -2.44. The van der Waals surface area contributed by atoms with Crippen LogP contribution in [0, 0.1) is 13.8 Å². The normalized spacial score (nSPS) is 15.9. The molecular formula is C22H30N4O2. The van der Waals surface area contributed by atoms with E-state index in [-0.39, 0.29) is 11.4 Å². The van der Waals surface area contributed by atoms with Gasteiger partial charge in [0.05, 0.1) is 24.6 Å². The standard InChI is InChI=1S/C22H30N4O2/c1-17-20(18(2)26(24-17)19-8-6-5-7-9-19)10-11-21(27)23-16-22(3,4)25-12-14-28-15-13-25/h5-11H,12-16H2,1-4H3,(H,23,27)/b11-10+. The van der Waals surface area contributed by atoms with Crippen LogP contribution in [0.25, 0.3) is 11.8 Å². The summed E-state index contributed by atoms with van der Waals surface area (Å²) in [6, 6.07) is 10.0. The molecule has 0 radical (unpaired) electrons. The minimum atomic E-state index is -0.0999. The molecule has 1 aromatic heterocycles. The Labute approximate surface area is 167 Å². The number of para-hydroxylation sites is 1. The van der Waals surface area contributed by atoms with E-state index in [0.29, 0.717) is 6.54 Å². The lowest BCUT2D eigenvalue weighted by molar-refractivity contribution is -0.117. The molecule has 0 atom stereocenters. The average Bonchev–Trinajstić information content (AvgIpc) is 3.00. The van der Waals surface area contributed by atoms with E-state index in [1.807, 2.05) is 54.9 Å². The number of nitrogens with one attached hydrogen (secondary N) is 1. The number of ether oxygens (including phenoxy) is 1. The van der Waals surface area contributed by atoms with E-state index in [1.54, 1.807) is 6.08 Å². The van der Waals surface area contributed by atoms with Crippen molar-refractivity contribution in [3.05, 3.63) is 53.4 Å². The quantitative estimate of drug-likeness (QED) is 0.781. The van der Waals surface area contributed by atoms with Gasteiger partial charge in [-0.2, -0.15) is 5.10 Å². The van der Waals surface area contributed by atoms with Crippen LogP contribution in [0.4, 0.5) is 0 Å².